The van der Waals surface area contributed by atoms with Crippen molar-refractivity contribution in [2.45, 2.75) is 38.4 Å². The predicted molar refractivity (Wildman–Crippen MR) is 48.8 cm³/mol. The highest BCUT2D eigenvalue weighted by Gasteiger charge is 2.36. The minimum atomic E-state index is -1.02. The van der Waals surface area contributed by atoms with E-state index in [2.05, 4.69) is 0 Å². The monoisotopic (exact) mass is 168 g/mol. The molecule has 0 aromatic heterocycles. The van der Waals surface area contributed by atoms with E-state index >= 15 is 0 Å². The van der Waals surface area contributed by atoms with Gasteiger partial charge in [0.1, 0.15) is 11.7 Å². The minimum absolute atomic E-state index is 0.554. The normalized spacial score (nSPS) is 35.0. The van der Waals surface area contributed by atoms with Gasteiger partial charge < -0.3 is 10.2 Å². The van der Waals surface area contributed by atoms with Gasteiger partial charge in [0.25, 0.3) is 0 Å². The van der Waals surface area contributed by atoms with Crippen LogP contribution < -0.4 is 0 Å². The molecule has 0 aliphatic heterocycles. The third kappa shape index (κ3) is 1.32. The van der Waals surface area contributed by atoms with E-state index in [9.17, 15) is 10.2 Å². The van der Waals surface area contributed by atoms with Gasteiger partial charge in [0.05, 0.1) is 0 Å². The Hall–Kier alpha value is -0.600. The first-order chi connectivity index (χ1) is 5.65. The predicted octanol–water partition coefficient (Wildman–Crippen LogP) is 1.39. The summed E-state index contributed by atoms with van der Waals surface area (Å²) in [6.45, 7) is 3.87. The first kappa shape index (κ1) is 9.49. The highest BCUT2D eigenvalue weighted by Crippen LogP contribution is 2.30. The smallest absolute Gasteiger partial charge is 0.115 e. The molecule has 0 radical (unpaired) electrons. The van der Waals surface area contributed by atoms with Crippen molar-refractivity contribution in [3.63, 3.8) is 0 Å². The van der Waals surface area contributed by atoms with Gasteiger partial charge in [0.2, 0.25) is 0 Å². The van der Waals surface area contributed by atoms with Gasteiger partial charge >= 0.3 is 0 Å². The molecule has 2 N–H and O–H groups in total. The van der Waals surface area contributed by atoms with Crippen LogP contribution in [-0.2, 0) is 0 Å². The van der Waals surface area contributed by atoms with Crippen LogP contribution in [0, 0.1) is 0 Å². The van der Waals surface area contributed by atoms with Gasteiger partial charge in [-0.3, -0.25) is 0 Å². The van der Waals surface area contributed by atoms with E-state index in [0.29, 0.717) is 6.42 Å². The first-order valence-electron chi connectivity index (χ1n) is 4.43. The van der Waals surface area contributed by atoms with Crippen LogP contribution >= 0.6 is 0 Å². The molecule has 2 nitrogen and oxygen atoms in total. The molecule has 2 unspecified atom stereocenters. The Kier molecular flexibility index (Phi) is 2.70. The first-order valence-corrected chi connectivity index (χ1v) is 4.43. The maximum absolute atomic E-state index is 10.0. The highest BCUT2D eigenvalue weighted by molar-refractivity contribution is 5.31. The summed E-state index contributed by atoms with van der Waals surface area (Å²) in [6, 6.07) is 0. The Morgan fingerprint density at radius 3 is 2.58 bits per heavy atom. The van der Waals surface area contributed by atoms with E-state index in [1.54, 1.807) is 12.2 Å². The van der Waals surface area contributed by atoms with E-state index < -0.39 is 11.7 Å². The van der Waals surface area contributed by atoms with Crippen LogP contribution in [0.1, 0.15) is 26.7 Å². The van der Waals surface area contributed by atoms with E-state index in [0.717, 1.165) is 12.0 Å². The van der Waals surface area contributed by atoms with Crippen molar-refractivity contribution in [2.24, 2.45) is 0 Å². The molecule has 1 rings (SSSR count). The van der Waals surface area contributed by atoms with Crippen LogP contribution in [0.25, 0.3) is 0 Å². The zero-order valence-corrected chi connectivity index (χ0v) is 7.62. The average molecular weight is 168 g/mol. The van der Waals surface area contributed by atoms with Crippen molar-refractivity contribution >= 4 is 0 Å². The second kappa shape index (κ2) is 3.42. The number of aliphatic hydroxyl groups is 2. The van der Waals surface area contributed by atoms with Gasteiger partial charge in [0, 0.05) is 0 Å². The standard InChI is InChI=1S/C10H16O2/c1-3-8-6-5-7-9(11)10(8,12)4-2/h5-7,9,11-12H,3-4H2,1-2H3. The molecule has 0 aromatic rings. The van der Waals surface area contributed by atoms with Gasteiger partial charge in [-0.05, 0) is 18.4 Å². The summed E-state index contributed by atoms with van der Waals surface area (Å²) >= 11 is 0. The molecule has 12 heavy (non-hydrogen) atoms. The SMILES string of the molecule is CCC1=CC=CC(O)C1(O)CC. The third-order valence-electron chi connectivity index (χ3n) is 2.56. The highest BCUT2D eigenvalue weighted by atomic mass is 16.3. The van der Waals surface area contributed by atoms with Crippen molar-refractivity contribution < 1.29 is 10.2 Å². The van der Waals surface area contributed by atoms with Crippen LogP contribution in [0.3, 0.4) is 0 Å². The summed E-state index contributed by atoms with van der Waals surface area (Å²) < 4.78 is 0. The fourth-order valence-corrected chi connectivity index (χ4v) is 1.63. The van der Waals surface area contributed by atoms with Gasteiger partial charge in [-0.2, -0.15) is 0 Å². The Labute approximate surface area is 73.2 Å². The van der Waals surface area contributed by atoms with Crippen molar-refractivity contribution in [3.05, 3.63) is 23.8 Å². The van der Waals surface area contributed by atoms with Gasteiger partial charge in [0.15, 0.2) is 0 Å². The topological polar surface area (TPSA) is 40.5 Å². The maximum atomic E-state index is 10.0. The average Bonchev–Trinajstić information content (AvgIpc) is 2.10. The summed E-state index contributed by atoms with van der Waals surface area (Å²) in [6.07, 6.45) is 5.90. The molecule has 0 aromatic carbocycles. The lowest BCUT2D eigenvalue weighted by Crippen LogP contribution is -2.43. The van der Waals surface area contributed by atoms with E-state index in [4.69, 9.17) is 0 Å². The lowest BCUT2D eigenvalue weighted by atomic mass is 9.81. The number of hydrogen-bond acceptors (Lipinski definition) is 2. The van der Waals surface area contributed by atoms with Crippen molar-refractivity contribution in [2.75, 3.05) is 0 Å². The molecule has 0 fully saturated rings. The molecule has 0 saturated carbocycles. The van der Waals surface area contributed by atoms with E-state index in [1.165, 1.54) is 0 Å². The van der Waals surface area contributed by atoms with Gasteiger partial charge in [-0.15, -0.1) is 0 Å². The molecule has 0 bridgehead atoms. The summed E-state index contributed by atoms with van der Waals surface area (Å²) in [7, 11) is 0. The summed E-state index contributed by atoms with van der Waals surface area (Å²) in [5.74, 6) is 0. The number of aliphatic hydroxyl groups excluding tert-OH is 1. The lowest BCUT2D eigenvalue weighted by Gasteiger charge is -2.34. The molecule has 0 spiro atoms. The number of hydrogen-bond donors (Lipinski definition) is 2. The van der Waals surface area contributed by atoms with Crippen molar-refractivity contribution in [1.29, 1.82) is 0 Å². The largest absolute Gasteiger partial charge is 0.386 e. The fraction of sp³-hybridized carbons (Fsp3) is 0.600. The minimum Gasteiger partial charge on any atom is -0.386 e. The Bertz CT molecular complexity index is 218. The van der Waals surface area contributed by atoms with Crippen LogP contribution in [0.15, 0.2) is 23.8 Å². The Balaban J connectivity index is 2.95. The third-order valence-corrected chi connectivity index (χ3v) is 2.56. The molecule has 2 heteroatoms. The van der Waals surface area contributed by atoms with Crippen LogP contribution in [0.5, 0.6) is 0 Å². The van der Waals surface area contributed by atoms with Gasteiger partial charge in [-0.1, -0.05) is 32.1 Å². The second-order valence-corrected chi connectivity index (χ2v) is 3.15. The molecular formula is C10H16O2. The second-order valence-electron chi connectivity index (χ2n) is 3.15. The summed E-state index contributed by atoms with van der Waals surface area (Å²) in [5.41, 5.74) is -0.108. The van der Waals surface area contributed by atoms with Gasteiger partial charge in [-0.25, -0.2) is 0 Å². The molecule has 2 atom stereocenters. The van der Waals surface area contributed by atoms with Crippen LogP contribution in [-0.4, -0.2) is 21.9 Å². The van der Waals surface area contributed by atoms with E-state index in [1.807, 2.05) is 19.9 Å². The molecule has 0 amide bonds. The molecule has 1 aliphatic carbocycles. The zero-order valence-electron chi connectivity index (χ0n) is 7.62. The lowest BCUT2D eigenvalue weighted by molar-refractivity contribution is -0.0290. The van der Waals surface area contributed by atoms with E-state index in [-0.39, 0.29) is 0 Å². The number of allylic oxidation sites excluding steroid dienone is 2. The van der Waals surface area contributed by atoms with Crippen molar-refractivity contribution in [3.8, 4) is 0 Å². The van der Waals surface area contributed by atoms with Crippen LogP contribution in [0.2, 0.25) is 0 Å². The summed E-state index contributed by atoms with van der Waals surface area (Å²) in [5, 5.41) is 19.6. The quantitative estimate of drug-likeness (QED) is 0.654. The molecule has 68 valence electrons. The Morgan fingerprint density at radius 2 is 2.17 bits per heavy atom. The molecule has 0 heterocycles. The van der Waals surface area contributed by atoms with Crippen molar-refractivity contribution in [1.82, 2.24) is 0 Å². The molecule has 1 aliphatic rings. The van der Waals surface area contributed by atoms with Crippen LogP contribution in [0.4, 0.5) is 0 Å². The zero-order chi connectivity index (χ0) is 9.19. The maximum Gasteiger partial charge on any atom is 0.115 e. The summed E-state index contributed by atoms with van der Waals surface area (Å²) in [4.78, 5) is 0. The fourth-order valence-electron chi connectivity index (χ4n) is 1.63. The molecule has 0 saturated heterocycles. The number of rotatable bonds is 2. The molecular weight excluding hydrogens is 152 g/mol. The Morgan fingerprint density at radius 1 is 1.50 bits per heavy atom.